The summed E-state index contributed by atoms with van der Waals surface area (Å²) < 4.78 is 0. The minimum Gasteiger partial charge on any atom is -0.313 e. The zero-order valence-corrected chi connectivity index (χ0v) is 9.27. The smallest absolute Gasteiger partial charge is 0.00987 e. The highest BCUT2D eigenvalue weighted by Gasteiger charge is 2.42. The SMILES string of the molecule is CC(C)(C)C1CNC2CCCCC21. The lowest BCUT2D eigenvalue weighted by molar-refractivity contribution is 0.162. The Hall–Kier alpha value is -0.0400. The number of rotatable bonds is 0. The molecule has 1 saturated heterocycles. The molecule has 1 heterocycles. The van der Waals surface area contributed by atoms with Crippen molar-refractivity contribution in [2.75, 3.05) is 6.54 Å². The van der Waals surface area contributed by atoms with Gasteiger partial charge in [-0.3, -0.25) is 0 Å². The molecule has 1 saturated carbocycles. The van der Waals surface area contributed by atoms with E-state index in [2.05, 4.69) is 26.1 Å². The van der Waals surface area contributed by atoms with E-state index in [4.69, 9.17) is 0 Å². The topological polar surface area (TPSA) is 12.0 Å². The van der Waals surface area contributed by atoms with Gasteiger partial charge in [-0.05, 0) is 36.6 Å². The first-order chi connectivity index (χ1) is 6.09. The van der Waals surface area contributed by atoms with Gasteiger partial charge in [0.05, 0.1) is 0 Å². The highest BCUT2D eigenvalue weighted by molar-refractivity contribution is 4.96. The standard InChI is InChI=1S/C12H23N/c1-12(2,3)10-8-13-11-7-5-4-6-9(10)11/h9-11,13H,4-8H2,1-3H3. The fourth-order valence-electron chi connectivity index (χ4n) is 3.27. The molecule has 2 aliphatic rings. The maximum Gasteiger partial charge on any atom is 0.00987 e. The second kappa shape index (κ2) is 3.27. The van der Waals surface area contributed by atoms with Gasteiger partial charge in [0, 0.05) is 6.04 Å². The molecule has 0 spiro atoms. The summed E-state index contributed by atoms with van der Waals surface area (Å²) in [5.41, 5.74) is 0.504. The first-order valence-electron chi connectivity index (χ1n) is 5.82. The summed E-state index contributed by atoms with van der Waals surface area (Å²) in [6, 6.07) is 0.859. The van der Waals surface area contributed by atoms with Crippen LogP contribution in [0, 0.1) is 17.3 Å². The normalized spacial score (nSPS) is 40.4. The van der Waals surface area contributed by atoms with Crippen LogP contribution in [0.1, 0.15) is 46.5 Å². The zero-order chi connectivity index (χ0) is 9.47. The summed E-state index contributed by atoms with van der Waals surface area (Å²) in [6.45, 7) is 8.46. The molecule has 0 bridgehead atoms. The average molecular weight is 181 g/mol. The summed E-state index contributed by atoms with van der Waals surface area (Å²) in [7, 11) is 0. The molecule has 3 unspecified atom stereocenters. The molecule has 1 aliphatic carbocycles. The van der Waals surface area contributed by atoms with Crippen molar-refractivity contribution in [1.82, 2.24) is 5.32 Å². The van der Waals surface area contributed by atoms with E-state index in [-0.39, 0.29) is 0 Å². The Morgan fingerprint density at radius 3 is 2.46 bits per heavy atom. The Morgan fingerprint density at radius 2 is 1.77 bits per heavy atom. The second-order valence-electron chi connectivity index (χ2n) is 5.94. The van der Waals surface area contributed by atoms with Crippen LogP contribution in [0.15, 0.2) is 0 Å². The van der Waals surface area contributed by atoms with Gasteiger partial charge in [-0.25, -0.2) is 0 Å². The van der Waals surface area contributed by atoms with Crippen molar-refractivity contribution in [2.45, 2.75) is 52.5 Å². The monoisotopic (exact) mass is 181 g/mol. The van der Waals surface area contributed by atoms with Gasteiger partial charge in [-0.2, -0.15) is 0 Å². The summed E-state index contributed by atoms with van der Waals surface area (Å²) in [6.07, 6.45) is 5.82. The molecule has 1 N–H and O–H groups in total. The van der Waals surface area contributed by atoms with Crippen LogP contribution >= 0.6 is 0 Å². The summed E-state index contributed by atoms with van der Waals surface area (Å²) in [5.74, 6) is 1.89. The van der Waals surface area contributed by atoms with Crippen LogP contribution in [-0.4, -0.2) is 12.6 Å². The highest BCUT2D eigenvalue weighted by atomic mass is 15.0. The van der Waals surface area contributed by atoms with Gasteiger partial charge in [0.1, 0.15) is 0 Å². The highest BCUT2D eigenvalue weighted by Crippen LogP contribution is 2.42. The number of nitrogens with one attached hydrogen (secondary N) is 1. The second-order valence-corrected chi connectivity index (χ2v) is 5.94. The van der Waals surface area contributed by atoms with Crippen molar-refractivity contribution in [3.8, 4) is 0 Å². The first-order valence-corrected chi connectivity index (χ1v) is 5.82. The van der Waals surface area contributed by atoms with Crippen LogP contribution in [-0.2, 0) is 0 Å². The zero-order valence-electron chi connectivity index (χ0n) is 9.27. The van der Waals surface area contributed by atoms with Crippen LogP contribution < -0.4 is 5.32 Å². The number of hydrogen-bond donors (Lipinski definition) is 1. The molecule has 0 aromatic rings. The Balaban J connectivity index is 2.07. The third kappa shape index (κ3) is 1.76. The minimum absolute atomic E-state index is 0.504. The molecular weight excluding hydrogens is 158 g/mol. The van der Waals surface area contributed by atoms with Gasteiger partial charge in [0.25, 0.3) is 0 Å². The van der Waals surface area contributed by atoms with Crippen LogP contribution in [0.5, 0.6) is 0 Å². The van der Waals surface area contributed by atoms with E-state index < -0.39 is 0 Å². The van der Waals surface area contributed by atoms with Gasteiger partial charge in [-0.15, -0.1) is 0 Å². The van der Waals surface area contributed by atoms with Crippen molar-refractivity contribution in [3.63, 3.8) is 0 Å². The van der Waals surface area contributed by atoms with E-state index in [0.717, 1.165) is 17.9 Å². The van der Waals surface area contributed by atoms with Crippen molar-refractivity contribution in [2.24, 2.45) is 17.3 Å². The van der Waals surface area contributed by atoms with E-state index in [1.165, 1.54) is 32.2 Å². The molecule has 0 radical (unpaired) electrons. The van der Waals surface area contributed by atoms with E-state index >= 15 is 0 Å². The first kappa shape index (κ1) is 9.51. The predicted octanol–water partition coefficient (Wildman–Crippen LogP) is 2.81. The van der Waals surface area contributed by atoms with Crippen molar-refractivity contribution < 1.29 is 0 Å². The summed E-state index contributed by atoms with van der Waals surface area (Å²) >= 11 is 0. The lowest BCUT2D eigenvalue weighted by Crippen LogP contribution is -2.32. The average Bonchev–Trinajstić information content (AvgIpc) is 2.45. The third-order valence-electron chi connectivity index (χ3n) is 4.05. The Kier molecular flexibility index (Phi) is 2.39. The molecule has 2 fully saturated rings. The van der Waals surface area contributed by atoms with Crippen molar-refractivity contribution in [1.29, 1.82) is 0 Å². The molecule has 1 heteroatoms. The fourth-order valence-corrected chi connectivity index (χ4v) is 3.27. The molecule has 76 valence electrons. The molecular formula is C12H23N. The molecule has 13 heavy (non-hydrogen) atoms. The molecule has 1 nitrogen and oxygen atoms in total. The molecule has 0 aromatic heterocycles. The van der Waals surface area contributed by atoms with Gasteiger partial charge in [0.2, 0.25) is 0 Å². The maximum atomic E-state index is 3.72. The van der Waals surface area contributed by atoms with Crippen molar-refractivity contribution >= 4 is 0 Å². The lowest BCUT2D eigenvalue weighted by atomic mass is 9.69. The lowest BCUT2D eigenvalue weighted by Gasteiger charge is -2.35. The Labute approximate surface area is 82.3 Å². The van der Waals surface area contributed by atoms with Crippen LogP contribution in [0.2, 0.25) is 0 Å². The van der Waals surface area contributed by atoms with E-state index in [0.29, 0.717) is 5.41 Å². The minimum atomic E-state index is 0.504. The third-order valence-corrected chi connectivity index (χ3v) is 4.05. The van der Waals surface area contributed by atoms with Gasteiger partial charge >= 0.3 is 0 Å². The Morgan fingerprint density at radius 1 is 1.08 bits per heavy atom. The maximum absolute atomic E-state index is 3.72. The molecule has 2 rings (SSSR count). The van der Waals surface area contributed by atoms with E-state index in [1.807, 2.05) is 0 Å². The number of hydrogen-bond acceptors (Lipinski definition) is 1. The van der Waals surface area contributed by atoms with E-state index in [1.54, 1.807) is 0 Å². The predicted molar refractivity (Wildman–Crippen MR) is 56.7 cm³/mol. The quantitative estimate of drug-likeness (QED) is 0.606. The molecule has 3 atom stereocenters. The van der Waals surface area contributed by atoms with Crippen LogP contribution in [0.4, 0.5) is 0 Å². The molecule has 1 aliphatic heterocycles. The Bertz CT molecular complexity index is 180. The van der Waals surface area contributed by atoms with Crippen LogP contribution in [0.3, 0.4) is 0 Å². The van der Waals surface area contributed by atoms with Crippen LogP contribution in [0.25, 0.3) is 0 Å². The summed E-state index contributed by atoms with van der Waals surface area (Å²) in [4.78, 5) is 0. The van der Waals surface area contributed by atoms with E-state index in [9.17, 15) is 0 Å². The van der Waals surface area contributed by atoms with Crippen molar-refractivity contribution in [3.05, 3.63) is 0 Å². The van der Waals surface area contributed by atoms with Gasteiger partial charge in [0.15, 0.2) is 0 Å². The molecule has 0 aromatic carbocycles. The molecule has 0 amide bonds. The fraction of sp³-hybridized carbons (Fsp3) is 1.00. The van der Waals surface area contributed by atoms with Gasteiger partial charge in [-0.1, -0.05) is 33.6 Å². The number of fused-ring (bicyclic) bond motifs is 1. The van der Waals surface area contributed by atoms with Gasteiger partial charge < -0.3 is 5.32 Å². The largest absolute Gasteiger partial charge is 0.313 e. The summed E-state index contributed by atoms with van der Waals surface area (Å²) in [5, 5.41) is 3.72.